The minimum atomic E-state index is -1.64. The molecule has 8 heteroatoms. The predicted octanol–water partition coefficient (Wildman–Crippen LogP) is 4.55. The molecule has 0 saturated carbocycles. The van der Waals surface area contributed by atoms with Crippen molar-refractivity contribution in [2.45, 2.75) is 90.1 Å². The Morgan fingerprint density at radius 1 is 0.885 bits per heavy atom. The van der Waals surface area contributed by atoms with Gasteiger partial charge >= 0.3 is 0 Å². The molecule has 0 aromatic carbocycles. The van der Waals surface area contributed by atoms with Gasteiger partial charge < -0.3 is 18.9 Å². The largest absolute Gasteiger partial charge is 0.373 e. The smallest absolute Gasteiger partial charge is 0.228 e. The molecule has 0 N–H and O–H groups in total. The molecule has 0 aromatic rings. The van der Waals surface area contributed by atoms with Gasteiger partial charge in [-0.25, -0.2) is 4.39 Å². The Morgan fingerprint density at radius 3 is 1.88 bits per heavy atom. The number of ether oxygens (including phenoxy) is 4. The Hall–Kier alpha value is -0.920. The average Bonchev–Trinajstić information content (AvgIpc) is 2.64. The molecule has 152 valence electrons. The number of nitrogens with zero attached hydrogens (tertiary/aromatic N) is 3. The van der Waals surface area contributed by atoms with Gasteiger partial charge in [0.05, 0.1) is 12.6 Å². The summed E-state index contributed by atoms with van der Waals surface area (Å²) in [5.74, 6) is 0. The van der Waals surface area contributed by atoms with Crippen molar-refractivity contribution in [2.24, 2.45) is 5.11 Å². The molecular weight excluding hydrogens is 341 g/mol. The van der Waals surface area contributed by atoms with Crippen LogP contribution in [0.3, 0.4) is 0 Å². The van der Waals surface area contributed by atoms with E-state index in [1.807, 2.05) is 0 Å². The Morgan fingerprint density at radius 2 is 1.38 bits per heavy atom. The van der Waals surface area contributed by atoms with Gasteiger partial charge in [0, 0.05) is 24.7 Å². The van der Waals surface area contributed by atoms with Crippen molar-refractivity contribution in [3.63, 3.8) is 0 Å². The second kappa shape index (κ2) is 14.2. The highest BCUT2D eigenvalue weighted by Gasteiger charge is 2.48. The maximum Gasteiger partial charge on any atom is 0.228 e. The zero-order valence-electron chi connectivity index (χ0n) is 16.3. The van der Waals surface area contributed by atoms with Crippen molar-refractivity contribution in [1.29, 1.82) is 0 Å². The summed E-state index contributed by atoms with van der Waals surface area (Å²) in [6, 6.07) is 0. The van der Waals surface area contributed by atoms with Gasteiger partial charge in [0.15, 0.2) is 0 Å². The van der Waals surface area contributed by atoms with E-state index in [1.54, 1.807) is 0 Å². The molecule has 1 rings (SSSR count). The van der Waals surface area contributed by atoms with E-state index in [9.17, 15) is 4.39 Å². The number of rotatable bonds is 14. The van der Waals surface area contributed by atoms with Crippen LogP contribution in [0.4, 0.5) is 4.39 Å². The van der Waals surface area contributed by atoms with Crippen LogP contribution < -0.4 is 0 Å². The first kappa shape index (κ1) is 23.1. The fraction of sp³-hybridized carbons (Fsp3) is 1.00. The molecule has 0 aromatic heterocycles. The van der Waals surface area contributed by atoms with Crippen LogP contribution >= 0.6 is 0 Å². The number of hydrogen-bond acceptors (Lipinski definition) is 5. The first-order chi connectivity index (χ1) is 12.7. The van der Waals surface area contributed by atoms with Gasteiger partial charge in [-0.05, 0) is 24.8 Å². The van der Waals surface area contributed by atoms with E-state index in [1.165, 1.54) is 0 Å². The highest BCUT2D eigenvalue weighted by Crippen LogP contribution is 2.30. The highest BCUT2D eigenvalue weighted by molar-refractivity contribution is 4.93. The third-order valence-corrected chi connectivity index (χ3v) is 4.33. The Labute approximate surface area is 156 Å². The standard InChI is InChI=1S/C18H34FN3O4/c1-4-7-10-23-15-14(13-21-22-20)26-18(19)17(25-12-9-6-3)16(15)24-11-8-5-2/h14-18H,4-13H2,1-3H3/t14?,15-,16?,17-,18?/m0/s1. The van der Waals surface area contributed by atoms with E-state index in [-0.39, 0.29) is 6.54 Å². The molecule has 26 heavy (non-hydrogen) atoms. The fourth-order valence-electron chi connectivity index (χ4n) is 2.79. The molecular formula is C18H34FN3O4. The zero-order chi connectivity index (χ0) is 19.2. The summed E-state index contributed by atoms with van der Waals surface area (Å²) in [6.45, 7) is 7.66. The summed E-state index contributed by atoms with van der Waals surface area (Å²) in [5.41, 5.74) is 8.61. The molecule has 0 aliphatic carbocycles. The van der Waals surface area contributed by atoms with Crippen LogP contribution in [-0.2, 0) is 18.9 Å². The predicted molar refractivity (Wildman–Crippen MR) is 97.7 cm³/mol. The van der Waals surface area contributed by atoms with Crippen LogP contribution in [-0.4, -0.2) is 57.1 Å². The lowest BCUT2D eigenvalue weighted by Crippen LogP contribution is -2.60. The quantitative estimate of drug-likeness (QED) is 0.193. The third kappa shape index (κ3) is 7.76. The summed E-state index contributed by atoms with van der Waals surface area (Å²) in [6.07, 6.45) is 1.25. The van der Waals surface area contributed by atoms with Crippen LogP contribution in [0.2, 0.25) is 0 Å². The molecule has 1 aliphatic heterocycles. The van der Waals surface area contributed by atoms with Gasteiger partial charge in [0.2, 0.25) is 6.36 Å². The van der Waals surface area contributed by atoms with Crippen LogP contribution in [0.1, 0.15) is 59.3 Å². The molecule has 5 atom stereocenters. The summed E-state index contributed by atoms with van der Waals surface area (Å²) in [7, 11) is 0. The zero-order valence-corrected chi connectivity index (χ0v) is 16.3. The Balaban J connectivity index is 2.91. The number of azide groups is 1. The average molecular weight is 375 g/mol. The van der Waals surface area contributed by atoms with Gasteiger partial charge in [0.25, 0.3) is 0 Å². The topological polar surface area (TPSA) is 85.7 Å². The minimum absolute atomic E-state index is 0.00301. The van der Waals surface area contributed by atoms with Crippen molar-refractivity contribution >= 4 is 0 Å². The van der Waals surface area contributed by atoms with E-state index in [2.05, 4.69) is 30.8 Å². The fourth-order valence-corrected chi connectivity index (χ4v) is 2.79. The van der Waals surface area contributed by atoms with Crippen LogP contribution in [0, 0.1) is 0 Å². The van der Waals surface area contributed by atoms with Crippen molar-refractivity contribution in [3.8, 4) is 0 Å². The third-order valence-electron chi connectivity index (χ3n) is 4.33. The Kier molecular flexibility index (Phi) is 12.6. The van der Waals surface area contributed by atoms with E-state index in [0.29, 0.717) is 19.8 Å². The van der Waals surface area contributed by atoms with Crippen LogP contribution in [0.15, 0.2) is 5.11 Å². The molecule has 1 saturated heterocycles. The monoisotopic (exact) mass is 375 g/mol. The first-order valence-electron chi connectivity index (χ1n) is 9.84. The van der Waals surface area contributed by atoms with Crippen LogP contribution in [0.5, 0.6) is 0 Å². The lowest BCUT2D eigenvalue weighted by molar-refractivity contribution is -0.284. The first-order valence-corrected chi connectivity index (χ1v) is 9.84. The van der Waals surface area contributed by atoms with E-state index in [0.717, 1.165) is 38.5 Å². The molecule has 1 aliphatic rings. The lowest BCUT2D eigenvalue weighted by Gasteiger charge is -2.43. The molecule has 0 spiro atoms. The maximum atomic E-state index is 14.7. The highest BCUT2D eigenvalue weighted by atomic mass is 19.1. The van der Waals surface area contributed by atoms with Gasteiger partial charge in [-0.2, -0.15) is 0 Å². The summed E-state index contributed by atoms with van der Waals surface area (Å²) >= 11 is 0. The molecule has 1 fully saturated rings. The van der Waals surface area contributed by atoms with E-state index >= 15 is 0 Å². The van der Waals surface area contributed by atoms with Crippen molar-refractivity contribution < 1.29 is 23.3 Å². The van der Waals surface area contributed by atoms with Gasteiger partial charge in [-0.1, -0.05) is 45.1 Å². The lowest BCUT2D eigenvalue weighted by atomic mass is 9.98. The van der Waals surface area contributed by atoms with Gasteiger partial charge in [0.1, 0.15) is 18.3 Å². The molecule has 0 radical (unpaired) electrons. The van der Waals surface area contributed by atoms with E-state index in [4.69, 9.17) is 24.5 Å². The molecule has 3 unspecified atom stereocenters. The van der Waals surface area contributed by atoms with Crippen LogP contribution in [0.25, 0.3) is 10.4 Å². The minimum Gasteiger partial charge on any atom is -0.373 e. The van der Waals surface area contributed by atoms with Crippen molar-refractivity contribution in [1.82, 2.24) is 0 Å². The Bertz CT molecular complexity index is 410. The normalized spacial score (nSPS) is 28.7. The number of halogens is 1. The molecule has 7 nitrogen and oxygen atoms in total. The summed E-state index contributed by atoms with van der Waals surface area (Å²) in [5, 5.41) is 3.55. The summed E-state index contributed by atoms with van der Waals surface area (Å²) < 4.78 is 37.8. The molecule has 0 amide bonds. The number of alkyl halides is 1. The molecule has 0 bridgehead atoms. The SMILES string of the molecule is CCCCOC1[C@H](OCCCC)C(F)OC(CN=[N+]=[N-])[C@@H]1OCCCC. The van der Waals surface area contributed by atoms with Gasteiger partial charge in [-0.3, -0.25) is 0 Å². The van der Waals surface area contributed by atoms with Crippen molar-refractivity contribution in [2.75, 3.05) is 26.4 Å². The van der Waals surface area contributed by atoms with Crippen molar-refractivity contribution in [3.05, 3.63) is 10.4 Å². The van der Waals surface area contributed by atoms with E-state index < -0.39 is 30.8 Å². The van der Waals surface area contributed by atoms with Gasteiger partial charge in [-0.15, -0.1) is 0 Å². The molecule has 1 heterocycles. The number of hydrogen-bond donors (Lipinski definition) is 0. The second-order valence-electron chi connectivity index (χ2n) is 6.51. The maximum absolute atomic E-state index is 14.7. The second-order valence-corrected chi connectivity index (χ2v) is 6.51. The summed E-state index contributed by atoms with van der Waals surface area (Å²) in [4.78, 5) is 2.76. The number of unbranched alkanes of at least 4 members (excludes halogenated alkanes) is 3.